The van der Waals surface area contributed by atoms with E-state index in [-0.39, 0.29) is 18.2 Å². The molecule has 0 aromatic heterocycles. The Bertz CT molecular complexity index is 823. The van der Waals surface area contributed by atoms with Gasteiger partial charge in [0.1, 0.15) is 11.8 Å². The molecule has 0 spiro atoms. The lowest BCUT2D eigenvalue weighted by Crippen LogP contribution is -2.49. The zero-order valence-electron chi connectivity index (χ0n) is 18.0. The highest BCUT2D eigenvalue weighted by Crippen LogP contribution is 2.19. The molecule has 0 aliphatic rings. The molecule has 5 nitrogen and oxygen atoms in total. The van der Waals surface area contributed by atoms with Crippen molar-refractivity contribution in [3.8, 4) is 5.75 Å². The van der Waals surface area contributed by atoms with Gasteiger partial charge in [0.15, 0.2) is 0 Å². The highest BCUT2D eigenvalue weighted by atomic mass is 35.5. The first-order valence-corrected chi connectivity index (χ1v) is 10.8. The van der Waals surface area contributed by atoms with Crippen molar-refractivity contribution in [2.24, 2.45) is 0 Å². The Hall–Kier alpha value is -2.53. The Morgan fingerprint density at radius 2 is 1.83 bits per heavy atom. The number of amides is 2. The van der Waals surface area contributed by atoms with Gasteiger partial charge in [0.2, 0.25) is 11.8 Å². The number of benzene rings is 2. The van der Waals surface area contributed by atoms with E-state index in [1.54, 1.807) is 24.1 Å². The second-order valence-corrected chi connectivity index (χ2v) is 7.68. The molecule has 0 radical (unpaired) electrons. The Labute approximate surface area is 184 Å². The van der Waals surface area contributed by atoms with E-state index in [1.807, 2.05) is 43.3 Å². The van der Waals surface area contributed by atoms with Crippen LogP contribution in [0, 0.1) is 0 Å². The van der Waals surface area contributed by atoms with E-state index in [1.165, 1.54) is 0 Å². The van der Waals surface area contributed by atoms with Crippen LogP contribution in [0.3, 0.4) is 0 Å². The van der Waals surface area contributed by atoms with E-state index < -0.39 is 6.04 Å². The topological polar surface area (TPSA) is 58.6 Å². The number of unbranched alkanes of at least 4 members (excludes halogenated alkanes) is 1. The molecule has 0 bridgehead atoms. The van der Waals surface area contributed by atoms with E-state index in [0.29, 0.717) is 24.5 Å². The van der Waals surface area contributed by atoms with Crippen LogP contribution in [0.2, 0.25) is 5.02 Å². The Balaban J connectivity index is 2.25. The van der Waals surface area contributed by atoms with Gasteiger partial charge in [0.05, 0.1) is 13.5 Å². The number of nitrogens with zero attached hydrogens (tertiary/aromatic N) is 1. The van der Waals surface area contributed by atoms with Gasteiger partial charge in [-0.25, -0.2) is 0 Å². The second-order valence-electron chi connectivity index (χ2n) is 7.25. The monoisotopic (exact) mass is 430 g/mol. The number of methoxy groups -OCH3 is 1. The van der Waals surface area contributed by atoms with Crippen LogP contribution >= 0.6 is 11.6 Å². The maximum absolute atomic E-state index is 13.3. The third kappa shape index (κ3) is 7.06. The summed E-state index contributed by atoms with van der Waals surface area (Å²) in [5.41, 5.74) is 1.78. The van der Waals surface area contributed by atoms with E-state index in [9.17, 15) is 9.59 Å². The molecule has 0 saturated carbocycles. The average Bonchev–Trinajstić information content (AvgIpc) is 2.75. The van der Waals surface area contributed by atoms with Crippen molar-refractivity contribution in [2.75, 3.05) is 13.7 Å². The summed E-state index contributed by atoms with van der Waals surface area (Å²) in [6.07, 6.45) is 2.66. The maximum atomic E-state index is 13.3. The van der Waals surface area contributed by atoms with Crippen molar-refractivity contribution in [1.82, 2.24) is 10.2 Å². The van der Waals surface area contributed by atoms with E-state index in [4.69, 9.17) is 16.3 Å². The van der Waals surface area contributed by atoms with Crippen LogP contribution in [-0.2, 0) is 22.6 Å². The molecule has 2 aromatic carbocycles. The first-order valence-electron chi connectivity index (χ1n) is 10.4. The van der Waals surface area contributed by atoms with Gasteiger partial charge in [-0.1, -0.05) is 56.1 Å². The summed E-state index contributed by atoms with van der Waals surface area (Å²) in [7, 11) is 1.61. The van der Waals surface area contributed by atoms with Crippen LogP contribution < -0.4 is 10.1 Å². The Morgan fingerprint density at radius 1 is 1.10 bits per heavy atom. The molecule has 0 unspecified atom stereocenters. The van der Waals surface area contributed by atoms with Crippen LogP contribution in [0.25, 0.3) is 0 Å². The molecule has 0 saturated heterocycles. The van der Waals surface area contributed by atoms with Crippen molar-refractivity contribution < 1.29 is 14.3 Å². The third-order valence-corrected chi connectivity index (χ3v) is 5.22. The lowest BCUT2D eigenvalue weighted by atomic mass is 10.1. The summed E-state index contributed by atoms with van der Waals surface area (Å²) in [6, 6.07) is 14.3. The fourth-order valence-electron chi connectivity index (χ4n) is 3.27. The van der Waals surface area contributed by atoms with Gasteiger partial charge in [-0.15, -0.1) is 0 Å². The summed E-state index contributed by atoms with van der Waals surface area (Å²) in [5.74, 6) is 0.508. The van der Waals surface area contributed by atoms with E-state index in [0.717, 1.165) is 29.7 Å². The molecule has 162 valence electrons. The highest BCUT2D eigenvalue weighted by Gasteiger charge is 2.28. The maximum Gasteiger partial charge on any atom is 0.242 e. The number of hydrogen-bond acceptors (Lipinski definition) is 3. The molecular formula is C24H31ClN2O3. The van der Waals surface area contributed by atoms with Crippen molar-refractivity contribution in [1.29, 1.82) is 0 Å². The molecule has 2 aromatic rings. The van der Waals surface area contributed by atoms with Crippen molar-refractivity contribution >= 4 is 23.4 Å². The van der Waals surface area contributed by atoms with E-state index in [2.05, 4.69) is 12.2 Å². The summed E-state index contributed by atoms with van der Waals surface area (Å²) < 4.78 is 5.31. The molecule has 2 rings (SSSR count). The minimum Gasteiger partial charge on any atom is -0.497 e. The molecule has 0 aliphatic heterocycles. The number of carbonyl (C=O) groups is 2. The summed E-state index contributed by atoms with van der Waals surface area (Å²) >= 11 is 5.96. The number of rotatable bonds is 11. The molecule has 0 heterocycles. The molecule has 1 atom stereocenters. The van der Waals surface area contributed by atoms with Gasteiger partial charge in [0, 0.05) is 18.1 Å². The predicted molar refractivity (Wildman–Crippen MR) is 121 cm³/mol. The number of ether oxygens (including phenoxy) is 1. The largest absolute Gasteiger partial charge is 0.497 e. The van der Waals surface area contributed by atoms with Gasteiger partial charge in [-0.2, -0.15) is 0 Å². The normalized spacial score (nSPS) is 11.6. The van der Waals surface area contributed by atoms with Gasteiger partial charge in [0.25, 0.3) is 0 Å². The van der Waals surface area contributed by atoms with Gasteiger partial charge in [-0.05, 0) is 48.2 Å². The van der Waals surface area contributed by atoms with Gasteiger partial charge < -0.3 is 15.0 Å². The number of hydrogen-bond donors (Lipinski definition) is 1. The molecule has 1 N–H and O–H groups in total. The number of carbonyl (C=O) groups excluding carboxylic acids is 2. The summed E-state index contributed by atoms with van der Waals surface area (Å²) in [4.78, 5) is 27.8. The highest BCUT2D eigenvalue weighted by molar-refractivity contribution is 6.30. The molecule has 6 heteroatoms. The average molecular weight is 431 g/mol. The number of halogens is 1. The third-order valence-electron chi connectivity index (χ3n) is 4.97. The minimum absolute atomic E-state index is 0.0994. The van der Waals surface area contributed by atoms with Crippen molar-refractivity contribution in [3.05, 3.63) is 64.7 Å². The quantitative estimate of drug-likeness (QED) is 0.529. The summed E-state index contributed by atoms with van der Waals surface area (Å²) in [5, 5.41) is 3.60. The molecule has 0 fully saturated rings. The van der Waals surface area contributed by atoms with Crippen LogP contribution in [-0.4, -0.2) is 36.4 Å². The lowest BCUT2D eigenvalue weighted by molar-refractivity contribution is -0.140. The Kier molecular flexibility index (Phi) is 9.68. The SMILES string of the molecule is CCCCNC(=O)[C@@H](CC)N(Cc1cccc(OC)c1)C(=O)Cc1ccc(Cl)cc1. The molecule has 0 aliphatic carbocycles. The zero-order valence-corrected chi connectivity index (χ0v) is 18.7. The second kappa shape index (κ2) is 12.2. The van der Waals surface area contributed by atoms with Crippen LogP contribution in [0.5, 0.6) is 5.75 Å². The fraction of sp³-hybridized carbons (Fsp3) is 0.417. The van der Waals surface area contributed by atoms with E-state index >= 15 is 0 Å². The van der Waals surface area contributed by atoms with Gasteiger partial charge in [-0.3, -0.25) is 9.59 Å². The minimum atomic E-state index is -0.534. The molecule has 2 amide bonds. The smallest absolute Gasteiger partial charge is 0.242 e. The standard InChI is InChI=1S/C24H31ClN2O3/c1-4-6-14-26-24(29)22(5-2)27(17-19-8-7-9-21(15-19)30-3)23(28)16-18-10-12-20(25)13-11-18/h7-13,15,22H,4-6,14,16-17H2,1-3H3,(H,26,29)/t22-/m1/s1. The zero-order chi connectivity index (χ0) is 21.9. The van der Waals surface area contributed by atoms with Gasteiger partial charge >= 0.3 is 0 Å². The van der Waals surface area contributed by atoms with Crippen LogP contribution in [0.1, 0.15) is 44.2 Å². The first-order chi connectivity index (χ1) is 14.5. The van der Waals surface area contributed by atoms with Crippen molar-refractivity contribution in [2.45, 2.75) is 52.1 Å². The fourth-order valence-corrected chi connectivity index (χ4v) is 3.40. The number of nitrogens with one attached hydrogen (secondary N) is 1. The molecule has 30 heavy (non-hydrogen) atoms. The Morgan fingerprint density at radius 3 is 2.47 bits per heavy atom. The lowest BCUT2D eigenvalue weighted by Gasteiger charge is -2.31. The molecular weight excluding hydrogens is 400 g/mol. The predicted octanol–water partition coefficient (Wildman–Crippen LogP) is 4.61. The van der Waals surface area contributed by atoms with Crippen molar-refractivity contribution in [3.63, 3.8) is 0 Å². The van der Waals surface area contributed by atoms with Crippen LogP contribution in [0.15, 0.2) is 48.5 Å². The van der Waals surface area contributed by atoms with Crippen LogP contribution in [0.4, 0.5) is 0 Å². The summed E-state index contributed by atoms with van der Waals surface area (Å²) in [6.45, 7) is 4.96. The first kappa shape index (κ1) is 23.7.